The Bertz CT molecular complexity index is 222. The second-order valence-electron chi connectivity index (χ2n) is 7.07. The molecule has 0 saturated carbocycles. The highest BCUT2D eigenvalue weighted by molar-refractivity contribution is 6.18. The summed E-state index contributed by atoms with van der Waals surface area (Å²) < 4.78 is 0. The maximum atomic E-state index is 5.60. The highest BCUT2D eigenvalue weighted by Crippen LogP contribution is 2.14. The van der Waals surface area contributed by atoms with Crippen molar-refractivity contribution in [3.05, 3.63) is 12.2 Å². The van der Waals surface area contributed by atoms with Gasteiger partial charge in [0, 0.05) is 5.88 Å². The molecule has 0 aliphatic rings. The molecule has 23 heavy (non-hydrogen) atoms. The van der Waals surface area contributed by atoms with Crippen LogP contribution in [0.2, 0.25) is 0 Å². The summed E-state index contributed by atoms with van der Waals surface area (Å²) in [5.41, 5.74) is 0. The van der Waals surface area contributed by atoms with E-state index in [-0.39, 0.29) is 0 Å². The van der Waals surface area contributed by atoms with Crippen LogP contribution in [0.5, 0.6) is 0 Å². The molecule has 0 aromatic heterocycles. The first-order valence-corrected chi connectivity index (χ1v) is 11.2. The fourth-order valence-electron chi connectivity index (χ4n) is 3.17. The van der Waals surface area contributed by atoms with Crippen LogP contribution in [0.4, 0.5) is 0 Å². The van der Waals surface area contributed by atoms with Crippen LogP contribution in [0.15, 0.2) is 12.2 Å². The molecule has 0 N–H and O–H groups in total. The molecule has 0 spiro atoms. The lowest BCUT2D eigenvalue weighted by atomic mass is 10.0. The van der Waals surface area contributed by atoms with Gasteiger partial charge in [0.25, 0.3) is 0 Å². The molecule has 0 saturated heterocycles. The van der Waals surface area contributed by atoms with Crippen LogP contribution in [-0.2, 0) is 0 Å². The van der Waals surface area contributed by atoms with Crippen molar-refractivity contribution in [2.75, 3.05) is 5.88 Å². The van der Waals surface area contributed by atoms with Crippen molar-refractivity contribution < 1.29 is 0 Å². The smallest absolute Gasteiger partial charge is 0.0404 e. The van der Waals surface area contributed by atoms with Crippen molar-refractivity contribution >= 4 is 11.6 Å². The van der Waals surface area contributed by atoms with Gasteiger partial charge in [0.2, 0.25) is 0 Å². The number of halogens is 1. The van der Waals surface area contributed by atoms with E-state index in [0.29, 0.717) is 5.88 Å². The number of alkyl halides is 1. The highest BCUT2D eigenvalue weighted by atomic mass is 35.5. The Labute approximate surface area is 152 Å². The topological polar surface area (TPSA) is 0 Å². The van der Waals surface area contributed by atoms with Crippen molar-refractivity contribution in [1.82, 2.24) is 0 Å². The predicted molar refractivity (Wildman–Crippen MR) is 109 cm³/mol. The largest absolute Gasteiger partial charge is 0.122 e. The normalized spacial score (nSPS) is 11.6. The Balaban J connectivity index is 2.96. The third-order valence-corrected chi connectivity index (χ3v) is 4.91. The van der Waals surface area contributed by atoms with Crippen LogP contribution >= 0.6 is 11.6 Å². The van der Waals surface area contributed by atoms with Crippen LogP contribution in [0.1, 0.15) is 122 Å². The molecular weight excluding hydrogens is 300 g/mol. The van der Waals surface area contributed by atoms with Gasteiger partial charge in [-0.05, 0) is 12.8 Å². The second-order valence-corrected chi connectivity index (χ2v) is 7.38. The molecule has 0 unspecified atom stereocenters. The van der Waals surface area contributed by atoms with E-state index in [1.54, 1.807) is 0 Å². The SMILES string of the molecule is CCCCCCCCCCCCCCCCCCCC=CCCl. The first-order valence-electron chi connectivity index (χ1n) is 10.6. The van der Waals surface area contributed by atoms with Crippen molar-refractivity contribution in [2.45, 2.75) is 122 Å². The van der Waals surface area contributed by atoms with E-state index in [4.69, 9.17) is 11.6 Å². The van der Waals surface area contributed by atoms with Gasteiger partial charge < -0.3 is 0 Å². The second kappa shape index (κ2) is 22.0. The molecule has 0 aromatic rings. The number of allylic oxidation sites excluding steroid dienone is 2. The molecule has 1 heteroatoms. The summed E-state index contributed by atoms with van der Waals surface area (Å²) in [6.07, 6.45) is 30.1. The molecule has 0 atom stereocenters. The zero-order valence-electron chi connectivity index (χ0n) is 16.0. The maximum Gasteiger partial charge on any atom is 0.0404 e. The summed E-state index contributed by atoms with van der Waals surface area (Å²) in [5, 5.41) is 0. The van der Waals surface area contributed by atoms with Gasteiger partial charge >= 0.3 is 0 Å². The zero-order chi connectivity index (χ0) is 16.8. The number of rotatable bonds is 19. The highest BCUT2D eigenvalue weighted by Gasteiger charge is 1.94. The lowest BCUT2D eigenvalue weighted by Gasteiger charge is -2.03. The average molecular weight is 343 g/mol. The summed E-state index contributed by atoms with van der Waals surface area (Å²) in [5.74, 6) is 0.666. The summed E-state index contributed by atoms with van der Waals surface area (Å²) in [7, 11) is 0. The van der Waals surface area contributed by atoms with Gasteiger partial charge in [-0.3, -0.25) is 0 Å². The van der Waals surface area contributed by atoms with Gasteiger partial charge in [-0.1, -0.05) is 122 Å². The molecule has 0 bridgehead atoms. The molecule has 0 radical (unpaired) electrons. The van der Waals surface area contributed by atoms with E-state index < -0.39 is 0 Å². The molecule has 0 aliphatic heterocycles. The Hall–Kier alpha value is 0.0300. The first-order chi connectivity index (χ1) is 11.4. The summed E-state index contributed by atoms with van der Waals surface area (Å²) >= 11 is 5.60. The Morgan fingerprint density at radius 3 is 1.17 bits per heavy atom. The summed E-state index contributed by atoms with van der Waals surface area (Å²) in [6.45, 7) is 2.29. The van der Waals surface area contributed by atoms with E-state index in [1.165, 1.54) is 116 Å². The predicted octanol–water partition coefficient (Wildman–Crippen LogP) is 8.82. The molecule has 0 aromatic carbocycles. The number of hydrogen-bond donors (Lipinski definition) is 0. The lowest BCUT2D eigenvalue weighted by molar-refractivity contribution is 0.527. The van der Waals surface area contributed by atoms with E-state index in [0.717, 1.165) is 0 Å². The molecule has 0 fully saturated rings. The molecule has 0 nitrogen and oxygen atoms in total. The Morgan fingerprint density at radius 1 is 0.478 bits per heavy atom. The van der Waals surface area contributed by atoms with Gasteiger partial charge in [0.05, 0.1) is 0 Å². The van der Waals surface area contributed by atoms with Crippen LogP contribution in [0.25, 0.3) is 0 Å². The quantitative estimate of drug-likeness (QED) is 0.125. The van der Waals surface area contributed by atoms with Crippen molar-refractivity contribution in [3.63, 3.8) is 0 Å². The fourth-order valence-corrected chi connectivity index (χ4v) is 3.29. The number of hydrogen-bond acceptors (Lipinski definition) is 0. The van der Waals surface area contributed by atoms with Crippen LogP contribution < -0.4 is 0 Å². The monoisotopic (exact) mass is 342 g/mol. The minimum absolute atomic E-state index is 0.666. The number of unbranched alkanes of at least 4 members (excludes halogenated alkanes) is 17. The summed E-state index contributed by atoms with van der Waals surface area (Å²) in [6, 6.07) is 0. The van der Waals surface area contributed by atoms with E-state index in [1.807, 2.05) is 0 Å². The van der Waals surface area contributed by atoms with Gasteiger partial charge in [0.1, 0.15) is 0 Å². The molecule has 0 heterocycles. The van der Waals surface area contributed by atoms with Gasteiger partial charge in [-0.15, -0.1) is 11.6 Å². The molecule has 0 rings (SSSR count). The van der Waals surface area contributed by atoms with Crippen LogP contribution in [0, 0.1) is 0 Å². The zero-order valence-corrected chi connectivity index (χ0v) is 16.7. The van der Waals surface area contributed by atoms with Crippen molar-refractivity contribution in [2.24, 2.45) is 0 Å². The van der Waals surface area contributed by atoms with Crippen molar-refractivity contribution in [3.8, 4) is 0 Å². The average Bonchev–Trinajstić information content (AvgIpc) is 2.57. The van der Waals surface area contributed by atoms with Gasteiger partial charge in [0.15, 0.2) is 0 Å². The van der Waals surface area contributed by atoms with Gasteiger partial charge in [-0.25, -0.2) is 0 Å². The third-order valence-electron chi connectivity index (χ3n) is 4.73. The minimum atomic E-state index is 0.666. The van der Waals surface area contributed by atoms with Gasteiger partial charge in [-0.2, -0.15) is 0 Å². The fraction of sp³-hybridized carbons (Fsp3) is 0.909. The van der Waals surface area contributed by atoms with Crippen molar-refractivity contribution in [1.29, 1.82) is 0 Å². The molecular formula is C22H43Cl. The van der Waals surface area contributed by atoms with Crippen LogP contribution in [0.3, 0.4) is 0 Å². The molecule has 138 valence electrons. The minimum Gasteiger partial charge on any atom is -0.122 e. The van der Waals surface area contributed by atoms with E-state index in [9.17, 15) is 0 Å². The van der Waals surface area contributed by atoms with E-state index in [2.05, 4.69) is 19.1 Å². The summed E-state index contributed by atoms with van der Waals surface area (Å²) in [4.78, 5) is 0. The van der Waals surface area contributed by atoms with E-state index >= 15 is 0 Å². The molecule has 0 aliphatic carbocycles. The first kappa shape index (κ1) is 23.0. The standard InChI is InChI=1S/C22H43Cl/c1-2-3-4-5-6-7-8-9-10-11-12-13-14-15-16-17-18-19-20-21-22-23/h20-21H,2-19,22H2,1H3. The maximum absolute atomic E-state index is 5.60. The lowest BCUT2D eigenvalue weighted by Crippen LogP contribution is -1.83. The third kappa shape index (κ3) is 22.0. The Morgan fingerprint density at radius 2 is 0.826 bits per heavy atom. The Kier molecular flexibility index (Phi) is 22.1. The molecule has 0 amide bonds. The van der Waals surface area contributed by atoms with Crippen LogP contribution in [-0.4, -0.2) is 5.88 Å².